The number of anilines is 2. The Hall–Kier alpha value is -3.20. The second kappa shape index (κ2) is 7.20. The first-order valence-corrected chi connectivity index (χ1v) is 8.73. The molecule has 9 heteroatoms. The fourth-order valence-electron chi connectivity index (χ4n) is 3.28. The monoisotopic (exact) mass is 368 g/mol. The van der Waals surface area contributed by atoms with Crippen molar-refractivity contribution in [2.45, 2.75) is 6.54 Å². The minimum absolute atomic E-state index is 0.121. The van der Waals surface area contributed by atoms with Gasteiger partial charge in [-0.05, 0) is 18.2 Å². The van der Waals surface area contributed by atoms with E-state index in [-0.39, 0.29) is 12.5 Å². The molecule has 1 amide bonds. The van der Waals surface area contributed by atoms with E-state index >= 15 is 0 Å². The van der Waals surface area contributed by atoms with Crippen molar-refractivity contribution in [3.05, 3.63) is 47.1 Å². The van der Waals surface area contributed by atoms with Gasteiger partial charge in [-0.15, -0.1) is 0 Å². The number of aryl methyl sites for hydroxylation is 1. The van der Waals surface area contributed by atoms with Gasteiger partial charge in [-0.3, -0.25) is 14.0 Å². The molecule has 0 aliphatic carbocycles. The average Bonchev–Trinajstić information content (AvgIpc) is 3.00. The molecule has 0 atom stereocenters. The molecule has 140 valence electrons. The summed E-state index contributed by atoms with van der Waals surface area (Å²) in [6.07, 6.45) is 2.93. The van der Waals surface area contributed by atoms with Gasteiger partial charge in [0.1, 0.15) is 6.54 Å². The quantitative estimate of drug-likeness (QED) is 0.725. The molecule has 2 aromatic heterocycles. The molecule has 1 saturated heterocycles. The number of ether oxygens (including phenoxy) is 1. The standard InChI is InChI=1S/C18H20N6O3/c1-22-13-4-2-5-14(23-8-10-27-11-9-23)16(13)17(21-22)20-15(25)12-24-7-3-6-19-18(24)26/h2-7H,8-12H2,1H3,(H,20,21,25). The fraction of sp³-hybridized carbons (Fsp3) is 0.333. The molecule has 1 aliphatic rings. The lowest BCUT2D eigenvalue weighted by Gasteiger charge is -2.29. The molecule has 1 aromatic carbocycles. The molecular formula is C18H20N6O3. The summed E-state index contributed by atoms with van der Waals surface area (Å²) in [6.45, 7) is 2.79. The number of aromatic nitrogens is 4. The maximum atomic E-state index is 12.5. The average molecular weight is 368 g/mol. The molecule has 1 aliphatic heterocycles. The number of fused-ring (bicyclic) bond motifs is 1. The van der Waals surface area contributed by atoms with Crippen LogP contribution in [0, 0.1) is 0 Å². The lowest BCUT2D eigenvalue weighted by molar-refractivity contribution is -0.116. The SMILES string of the molecule is Cn1nc(NC(=O)Cn2cccnc2=O)c2c(N3CCOCC3)cccc21. The predicted octanol–water partition coefficient (Wildman–Crippen LogP) is 0.605. The Morgan fingerprint density at radius 1 is 1.26 bits per heavy atom. The van der Waals surface area contributed by atoms with Gasteiger partial charge < -0.3 is 15.0 Å². The summed E-state index contributed by atoms with van der Waals surface area (Å²) in [6, 6.07) is 7.58. The highest BCUT2D eigenvalue weighted by atomic mass is 16.5. The van der Waals surface area contributed by atoms with E-state index in [2.05, 4.69) is 20.3 Å². The van der Waals surface area contributed by atoms with Crippen molar-refractivity contribution < 1.29 is 9.53 Å². The second-order valence-electron chi connectivity index (χ2n) is 6.32. The van der Waals surface area contributed by atoms with Crippen LogP contribution in [-0.2, 0) is 23.1 Å². The molecule has 1 fully saturated rings. The number of nitrogens with one attached hydrogen (secondary N) is 1. The van der Waals surface area contributed by atoms with Crippen LogP contribution in [0.1, 0.15) is 0 Å². The smallest absolute Gasteiger partial charge is 0.347 e. The molecule has 0 saturated carbocycles. The number of rotatable bonds is 4. The van der Waals surface area contributed by atoms with Gasteiger partial charge in [0, 0.05) is 32.5 Å². The van der Waals surface area contributed by atoms with E-state index in [1.165, 1.54) is 17.0 Å². The Balaban J connectivity index is 1.66. The fourth-order valence-corrected chi connectivity index (χ4v) is 3.28. The number of hydrogen-bond acceptors (Lipinski definition) is 6. The zero-order valence-corrected chi connectivity index (χ0v) is 15.0. The first-order valence-electron chi connectivity index (χ1n) is 8.73. The first-order chi connectivity index (χ1) is 13.1. The highest BCUT2D eigenvalue weighted by Crippen LogP contribution is 2.33. The number of carbonyl (C=O) groups is 1. The number of carbonyl (C=O) groups excluding carboxylic acids is 1. The van der Waals surface area contributed by atoms with E-state index in [0.29, 0.717) is 19.0 Å². The van der Waals surface area contributed by atoms with Crippen LogP contribution in [0.5, 0.6) is 0 Å². The Labute approximate surface area is 155 Å². The van der Waals surface area contributed by atoms with Gasteiger partial charge in [0.25, 0.3) is 0 Å². The Bertz CT molecular complexity index is 1030. The van der Waals surface area contributed by atoms with Crippen LogP contribution in [0.15, 0.2) is 41.5 Å². The van der Waals surface area contributed by atoms with Crippen LogP contribution in [0.25, 0.3) is 10.9 Å². The van der Waals surface area contributed by atoms with Crippen molar-refractivity contribution in [3.63, 3.8) is 0 Å². The summed E-state index contributed by atoms with van der Waals surface area (Å²) in [5.41, 5.74) is 1.47. The Morgan fingerprint density at radius 2 is 2.07 bits per heavy atom. The summed E-state index contributed by atoms with van der Waals surface area (Å²) in [5, 5.41) is 8.20. The van der Waals surface area contributed by atoms with Gasteiger partial charge in [-0.1, -0.05) is 6.07 Å². The zero-order valence-electron chi connectivity index (χ0n) is 15.0. The van der Waals surface area contributed by atoms with Gasteiger partial charge >= 0.3 is 5.69 Å². The zero-order chi connectivity index (χ0) is 18.8. The van der Waals surface area contributed by atoms with Crippen LogP contribution in [-0.4, -0.2) is 51.5 Å². The van der Waals surface area contributed by atoms with Crippen LogP contribution in [0.2, 0.25) is 0 Å². The van der Waals surface area contributed by atoms with Crippen molar-refractivity contribution in [1.82, 2.24) is 19.3 Å². The summed E-state index contributed by atoms with van der Waals surface area (Å²) in [5.74, 6) is 0.151. The third-order valence-corrected chi connectivity index (χ3v) is 4.56. The number of benzene rings is 1. The van der Waals surface area contributed by atoms with Gasteiger partial charge in [0.2, 0.25) is 5.91 Å². The van der Waals surface area contributed by atoms with E-state index in [1.54, 1.807) is 10.7 Å². The van der Waals surface area contributed by atoms with Gasteiger partial charge in [0.15, 0.2) is 5.82 Å². The molecule has 3 heterocycles. The minimum Gasteiger partial charge on any atom is -0.378 e. The molecule has 0 unspecified atom stereocenters. The maximum absolute atomic E-state index is 12.5. The van der Waals surface area contributed by atoms with Crippen LogP contribution >= 0.6 is 0 Å². The molecule has 1 N–H and O–H groups in total. The van der Waals surface area contributed by atoms with Crippen molar-refractivity contribution in [2.24, 2.45) is 7.05 Å². The number of amides is 1. The van der Waals surface area contributed by atoms with E-state index in [0.717, 1.165) is 29.7 Å². The van der Waals surface area contributed by atoms with Crippen LogP contribution < -0.4 is 15.9 Å². The molecule has 0 radical (unpaired) electrons. The number of morpholine rings is 1. The lowest BCUT2D eigenvalue weighted by atomic mass is 10.1. The van der Waals surface area contributed by atoms with E-state index in [9.17, 15) is 9.59 Å². The summed E-state index contributed by atoms with van der Waals surface area (Å²) in [7, 11) is 1.84. The molecule has 4 rings (SSSR count). The third kappa shape index (κ3) is 3.41. The first kappa shape index (κ1) is 17.2. The molecule has 9 nitrogen and oxygen atoms in total. The van der Waals surface area contributed by atoms with Crippen molar-refractivity contribution >= 4 is 28.3 Å². The molecule has 0 spiro atoms. The van der Waals surface area contributed by atoms with Crippen LogP contribution in [0.3, 0.4) is 0 Å². The van der Waals surface area contributed by atoms with Crippen LogP contribution in [0.4, 0.5) is 11.5 Å². The highest BCUT2D eigenvalue weighted by molar-refractivity contribution is 6.06. The normalized spacial score (nSPS) is 14.5. The number of nitrogens with zero attached hydrogens (tertiary/aromatic N) is 5. The van der Waals surface area contributed by atoms with Gasteiger partial charge in [-0.25, -0.2) is 9.78 Å². The third-order valence-electron chi connectivity index (χ3n) is 4.56. The minimum atomic E-state index is -0.465. The predicted molar refractivity (Wildman–Crippen MR) is 101 cm³/mol. The van der Waals surface area contributed by atoms with E-state index < -0.39 is 5.69 Å². The van der Waals surface area contributed by atoms with Gasteiger partial charge in [-0.2, -0.15) is 5.10 Å². The summed E-state index contributed by atoms with van der Waals surface area (Å²) in [4.78, 5) is 30.1. The van der Waals surface area contributed by atoms with Crippen molar-refractivity contribution in [2.75, 3.05) is 36.5 Å². The summed E-state index contributed by atoms with van der Waals surface area (Å²) >= 11 is 0. The molecule has 27 heavy (non-hydrogen) atoms. The second-order valence-corrected chi connectivity index (χ2v) is 6.32. The maximum Gasteiger partial charge on any atom is 0.347 e. The van der Waals surface area contributed by atoms with Crippen molar-refractivity contribution in [1.29, 1.82) is 0 Å². The van der Waals surface area contributed by atoms with Crippen molar-refractivity contribution in [3.8, 4) is 0 Å². The Kier molecular flexibility index (Phi) is 4.59. The molecule has 3 aromatic rings. The summed E-state index contributed by atoms with van der Waals surface area (Å²) < 4.78 is 8.43. The highest BCUT2D eigenvalue weighted by Gasteiger charge is 2.20. The topological polar surface area (TPSA) is 94.3 Å². The lowest BCUT2D eigenvalue weighted by Crippen LogP contribution is -2.36. The molecular weight excluding hydrogens is 348 g/mol. The number of hydrogen-bond donors (Lipinski definition) is 1. The molecule has 0 bridgehead atoms. The van der Waals surface area contributed by atoms with E-state index in [1.807, 2.05) is 25.2 Å². The largest absolute Gasteiger partial charge is 0.378 e. The van der Waals surface area contributed by atoms with Gasteiger partial charge in [0.05, 0.1) is 29.8 Å². The Morgan fingerprint density at radius 3 is 2.85 bits per heavy atom. The van der Waals surface area contributed by atoms with E-state index in [4.69, 9.17) is 4.74 Å².